The van der Waals surface area contributed by atoms with E-state index < -0.39 is 16.8 Å². The lowest BCUT2D eigenvalue weighted by atomic mass is 9.96. The number of hydrogen-bond donors (Lipinski definition) is 2. The number of aromatic amines is 1. The first-order valence-corrected chi connectivity index (χ1v) is 11.1. The molecule has 2 aromatic heterocycles. The fourth-order valence-electron chi connectivity index (χ4n) is 4.79. The van der Waals surface area contributed by atoms with E-state index >= 15 is 4.39 Å². The summed E-state index contributed by atoms with van der Waals surface area (Å²) in [4.78, 5) is 26.1. The Bertz CT molecular complexity index is 1520. The first-order chi connectivity index (χ1) is 15.0. The summed E-state index contributed by atoms with van der Waals surface area (Å²) in [5, 5.41) is 3.67. The molecule has 166 valence electrons. The molecule has 1 atom stereocenters. The van der Waals surface area contributed by atoms with E-state index in [2.05, 4.69) is 16.6 Å². The van der Waals surface area contributed by atoms with Crippen LogP contribution in [0.4, 0.5) is 4.39 Å². The number of fused-ring (bicyclic) bond motifs is 3. The van der Waals surface area contributed by atoms with Crippen molar-refractivity contribution in [3.8, 4) is 16.9 Å². The summed E-state index contributed by atoms with van der Waals surface area (Å²) in [7, 11) is 1.50. The summed E-state index contributed by atoms with van der Waals surface area (Å²) >= 11 is 1.15. The van der Waals surface area contributed by atoms with Crippen LogP contribution in [0.1, 0.15) is 43.0 Å². The van der Waals surface area contributed by atoms with Gasteiger partial charge in [-0.3, -0.25) is 14.0 Å². The standard InChI is InChI=1S/C23H20FN3O3S.ClH/c1-10-14-6-3-11(7-12(14)9-25-10)17-16(24)8-15-19(21(17)30-2)27(13-4-5-13)23-18(20(15)28)22(29)26-31-23;/h3,6-8,10,13,25H,4-5,9H2,1-2H3,(H,26,29);1H/t10-;/m1./s1. The minimum Gasteiger partial charge on any atom is -0.494 e. The fraction of sp³-hybridized carbons (Fsp3) is 0.304. The Balaban J connectivity index is 0.00000216. The van der Waals surface area contributed by atoms with E-state index in [1.807, 2.05) is 22.8 Å². The van der Waals surface area contributed by atoms with E-state index in [1.54, 1.807) is 0 Å². The van der Waals surface area contributed by atoms with Crippen molar-refractivity contribution in [3.05, 3.63) is 61.8 Å². The second-order valence-electron chi connectivity index (χ2n) is 8.32. The highest BCUT2D eigenvalue weighted by atomic mass is 35.5. The normalized spacial score (nSPS) is 17.5. The zero-order valence-corrected chi connectivity index (χ0v) is 19.1. The van der Waals surface area contributed by atoms with E-state index in [4.69, 9.17) is 4.74 Å². The summed E-state index contributed by atoms with van der Waals surface area (Å²) in [5.74, 6) is -0.200. The molecule has 0 amide bonds. The zero-order chi connectivity index (χ0) is 21.4. The molecule has 32 heavy (non-hydrogen) atoms. The maximum absolute atomic E-state index is 15.5. The van der Waals surface area contributed by atoms with Crippen LogP contribution < -0.4 is 21.0 Å². The van der Waals surface area contributed by atoms with Crippen molar-refractivity contribution in [1.29, 1.82) is 0 Å². The quantitative estimate of drug-likeness (QED) is 0.454. The minimum atomic E-state index is -0.534. The molecule has 0 saturated heterocycles. The van der Waals surface area contributed by atoms with Crippen molar-refractivity contribution >= 4 is 45.1 Å². The number of nitrogens with zero attached hydrogens (tertiary/aromatic N) is 1. The first kappa shape index (κ1) is 21.2. The van der Waals surface area contributed by atoms with Gasteiger partial charge in [0, 0.05) is 18.6 Å². The molecule has 6 nitrogen and oxygen atoms in total. The molecule has 1 aliphatic carbocycles. The average Bonchev–Trinajstić information content (AvgIpc) is 3.43. The van der Waals surface area contributed by atoms with Gasteiger partial charge in [-0.2, -0.15) is 0 Å². The average molecular weight is 474 g/mol. The Labute approximate surface area is 192 Å². The lowest BCUT2D eigenvalue weighted by Crippen LogP contribution is -2.16. The lowest BCUT2D eigenvalue weighted by Gasteiger charge is -2.18. The van der Waals surface area contributed by atoms with Crippen LogP contribution in [0.2, 0.25) is 0 Å². The predicted octanol–water partition coefficient (Wildman–Crippen LogP) is 4.64. The van der Waals surface area contributed by atoms with Crippen molar-refractivity contribution in [2.24, 2.45) is 0 Å². The number of halogens is 2. The number of pyridine rings is 1. The molecule has 4 aromatic rings. The van der Waals surface area contributed by atoms with Crippen LogP contribution in [0.5, 0.6) is 5.75 Å². The molecule has 2 aliphatic rings. The van der Waals surface area contributed by atoms with Gasteiger partial charge in [-0.1, -0.05) is 12.1 Å². The highest BCUT2D eigenvalue weighted by Crippen LogP contribution is 2.46. The number of rotatable bonds is 3. The lowest BCUT2D eigenvalue weighted by molar-refractivity contribution is 0.416. The maximum atomic E-state index is 15.5. The summed E-state index contributed by atoms with van der Waals surface area (Å²) in [6.07, 6.45) is 1.88. The van der Waals surface area contributed by atoms with Gasteiger partial charge in [0.05, 0.1) is 23.6 Å². The second kappa shape index (κ2) is 7.43. The number of hydrogen-bond acceptors (Lipinski definition) is 5. The molecular weight excluding hydrogens is 453 g/mol. The predicted molar refractivity (Wildman–Crippen MR) is 127 cm³/mol. The Morgan fingerprint density at radius 3 is 2.72 bits per heavy atom. The Morgan fingerprint density at radius 2 is 2.00 bits per heavy atom. The molecule has 1 aliphatic heterocycles. The van der Waals surface area contributed by atoms with Gasteiger partial charge in [0.15, 0.2) is 5.75 Å². The fourth-order valence-corrected chi connectivity index (χ4v) is 5.70. The van der Waals surface area contributed by atoms with Crippen molar-refractivity contribution in [3.63, 3.8) is 0 Å². The topological polar surface area (TPSA) is 76.1 Å². The largest absolute Gasteiger partial charge is 0.494 e. The molecule has 2 aromatic carbocycles. The molecule has 3 heterocycles. The van der Waals surface area contributed by atoms with E-state index in [9.17, 15) is 9.59 Å². The van der Waals surface area contributed by atoms with Gasteiger partial charge in [-0.25, -0.2) is 4.39 Å². The highest BCUT2D eigenvalue weighted by molar-refractivity contribution is 7.12. The molecule has 2 N–H and O–H groups in total. The third-order valence-corrected chi connectivity index (χ3v) is 7.31. The number of nitrogens with one attached hydrogen (secondary N) is 2. The molecular formula is C23H21ClFN3O3S. The van der Waals surface area contributed by atoms with E-state index in [-0.39, 0.29) is 35.3 Å². The van der Waals surface area contributed by atoms with Crippen molar-refractivity contribution in [2.45, 2.75) is 38.4 Å². The van der Waals surface area contributed by atoms with Gasteiger partial charge < -0.3 is 14.6 Å². The molecule has 1 fully saturated rings. The van der Waals surface area contributed by atoms with Crippen LogP contribution in [0, 0.1) is 5.82 Å². The molecule has 1 saturated carbocycles. The van der Waals surface area contributed by atoms with Crippen LogP contribution in [0.3, 0.4) is 0 Å². The maximum Gasteiger partial charge on any atom is 0.271 e. The number of H-pyrrole nitrogens is 1. The van der Waals surface area contributed by atoms with Crippen LogP contribution in [0.15, 0.2) is 33.9 Å². The van der Waals surface area contributed by atoms with E-state index in [0.29, 0.717) is 27.2 Å². The van der Waals surface area contributed by atoms with E-state index in [0.717, 1.165) is 36.5 Å². The van der Waals surface area contributed by atoms with Gasteiger partial charge in [-0.15, -0.1) is 12.4 Å². The number of methoxy groups -OCH3 is 1. The molecule has 0 radical (unpaired) electrons. The van der Waals surface area contributed by atoms with Gasteiger partial charge in [0.2, 0.25) is 5.43 Å². The molecule has 0 spiro atoms. The third kappa shape index (κ3) is 2.86. The van der Waals surface area contributed by atoms with Gasteiger partial charge in [0.1, 0.15) is 16.0 Å². The van der Waals surface area contributed by atoms with Gasteiger partial charge in [0.25, 0.3) is 5.56 Å². The summed E-state index contributed by atoms with van der Waals surface area (Å²) in [6.45, 7) is 2.83. The summed E-state index contributed by atoms with van der Waals surface area (Å²) < 4.78 is 25.9. The number of benzene rings is 2. The molecule has 0 unspecified atom stereocenters. The zero-order valence-electron chi connectivity index (χ0n) is 17.5. The van der Waals surface area contributed by atoms with Crippen molar-refractivity contribution in [2.75, 3.05) is 7.11 Å². The third-order valence-electron chi connectivity index (χ3n) is 6.43. The SMILES string of the molecule is COc1c(-c2ccc3c(c2)CN[C@@H]3C)c(F)cc2c(=O)c3c(=O)[nH]sc3n(C3CC3)c12.Cl. The van der Waals surface area contributed by atoms with E-state index in [1.165, 1.54) is 18.7 Å². The summed E-state index contributed by atoms with van der Waals surface area (Å²) in [6, 6.07) is 7.60. The Hall–Kier alpha value is -2.68. The molecule has 9 heteroatoms. The molecule has 6 rings (SSSR count). The van der Waals surface area contributed by atoms with Crippen LogP contribution >= 0.6 is 23.9 Å². The number of ether oxygens (including phenoxy) is 1. The number of aromatic nitrogens is 2. The summed E-state index contributed by atoms with van der Waals surface area (Å²) in [5.41, 5.74) is 3.06. The monoisotopic (exact) mass is 473 g/mol. The first-order valence-electron chi connectivity index (χ1n) is 10.3. The second-order valence-corrected chi connectivity index (χ2v) is 9.12. The Morgan fingerprint density at radius 1 is 1.22 bits per heavy atom. The molecule has 0 bridgehead atoms. The van der Waals surface area contributed by atoms with Crippen LogP contribution in [-0.4, -0.2) is 16.1 Å². The van der Waals surface area contributed by atoms with Crippen molar-refractivity contribution in [1.82, 2.24) is 14.3 Å². The smallest absolute Gasteiger partial charge is 0.271 e. The highest BCUT2D eigenvalue weighted by Gasteiger charge is 2.32. The van der Waals surface area contributed by atoms with Gasteiger partial charge >= 0.3 is 0 Å². The Kier molecular flexibility index (Phi) is 4.92. The van der Waals surface area contributed by atoms with Crippen LogP contribution in [0.25, 0.3) is 32.2 Å². The van der Waals surface area contributed by atoms with Gasteiger partial charge in [-0.05, 0) is 60.1 Å². The van der Waals surface area contributed by atoms with Crippen LogP contribution in [-0.2, 0) is 6.54 Å². The van der Waals surface area contributed by atoms with Crippen molar-refractivity contribution < 1.29 is 9.13 Å². The minimum absolute atomic E-state index is 0.